The Balaban J connectivity index is 2.35. The second-order valence-corrected chi connectivity index (χ2v) is 7.01. The van der Waals surface area contributed by atoms with Crippen LogP contribution in [0.15, 0.2) is 52.4 Å². The maximum Gasteiger partial charge on any atom is 0.275 e. The van der Waals surface area contributed by atoms with E-state index in [1.807, 2.05) is 6.92 Å². The van der Waals surface area contributed by atoms with E-state index in [9.17, 15) is 13.2 Å². The van der Waals surface area contributed by atoms with E-state index in [0.29, 0.717) is 10.8 Å². The molecule has 2 radical (unpaired) electrons. The number of fused-ring (bicyclic) bond motifs is 1. The molecule has 2 heterocycles. The third-order valence-electron chi connectivity index (χ3n) is 3.60. The lowest BCUT2D eigenvalue weighted by molar-refractivity contribution is 0.589. The molecule has 1 aromatic carbocycles. The molecule has 0 aliphatic rings. The SMILES string of the molecule is [B]c1cn(C)c(=O)c2c1ccn2S(=O)(=O)c1ccc(C)cc1. The number of benzene rings is 1. The van der Waals surface area contributed by atoms with Gasteiger partial charge in [0.05, 0.1) is 4.90 Å². The average Bonchev–Trinajstić information content (AvgIpc) is 2.91. The molecule has 0 fully saturated rings. The second-order valence-electron chi connectivity index (χ2n) is 5.19. The lowest BCUT2D eigenvalue weighted by Gasteiger charge is -2.09. The summed E-state index contributed by atoms with van der Waals surface area (Å²) >= 11 is 0. The minimum absolute atomic E-state index is 0.0584. The summed E-state index contributed by atoms with van der Waals surface area (Å²) in [7, 11) is 3.56. The van der Waals surface area contributed by atoms with Gasteiger partial charge in [-0.1, -0.05) is 23.2 Å². The predicted octanol–water partition coefficient (Wildman–Crippen LogP) is 0.679. The Morgan fingerprint density at radius 3 is 2.36 bits per heavy atom. The van der Waals surface area contributed by atoms with Crippen LogP contribution in [-0.2, 0) is 17.1 Å². The van der Waals surface area contributed by atoms with Crippen molar-refractivity contribution in [3.8, 4) is 0 Å². The topological polar surface area (TPSA) is 61.1 Å². The van der Waals surface area contributed by atoms with E-state index in [0.717, 1.165) is 9.54 Å². The molecular weight excluding hydrogens is 299 g/mol. The van der Waals surface area contributed by atoms with Crippen LogP contribution in [0, 0.1) is 6.92 Å². The van der Waals surface area contributed by atoms with Crippen molar-refractivity contribution in [2.24, 2.45) is 7.05 Å². The Kier molecular flexibility index (Phi) is 3.25. The molecule has 0 amide bonds. The quantitative estimate of drug-likeness (QED) is 0.654. The zero-order valence-corrected chi connectivity index (χ0v) is 13.0. The molecule has 0 spiro atoms. The molecule has 0 saturated carbocycles. The number of hydrogen-bond donors (Lipinski definition) is 0. The Hall–Kier alpha value is -2.28. The normalized spacial score (nSPS) is 11.9. The van der Waals surface area contributed by atoms with Gasteiger partial charge >= 0.3 is 0 Å². The van der Waals surface area contributed by atoms with E-state index in [1.54, 1.807) is 12.1 Å². The van der Waals surface area contributed by atoms with Gasteiger partial charge in [-0.05, 0) is 25.1 Å². The third kappa shape index (κ3) is 2.09. The van der Waals surface area contributed by atoms with E-state index in [2.05, 4.69) is 0 Å². The van der Waals surface area contributed by atoms with E-state index in [4.69, 9.17) is 7.85 Å². The van der Waals surface area contributed by atoms with Gasteiger partial charge in [-0.25, -0.2) is 12.4 Å². The summed E-state index contributed by atoms with van der Waals surface area (Å²) in [5, 5.41) is 0.429. The summed E-state index contributed by atoms with van der Waals surface area (Å²) < 4.78 is 27.8. The fourth-order valence-electron chi connectivity index (χ4n) is 2.38. The highest BCUT2D eigenvalue weighted by Gasteiger charge is 2.21. The number of nitrogens with zero attached hydrogens (tertiary/aromatic N) is 2. The first-order chi connectivity index (χ1) is 10.3. The van der Waals surface area contributed by atoms with Gasteiger partial charge in [0.2, 0.25) is 0 Å². The first kappa shape index (κ1) is 14.7. The van der Waals surface area contributed by atoms with Crippen LogP contribution in [0.3, 0.4) is 0 Å². The van der Waals surface area contributed by atoms with Crippen LogP contribution in [0.5, 0.6) is 0 Å². The average molecular weight is 312 g/mol. The summed E-state index contributed by atoms with van der Waals surface area (Å²) in [6.07, 6.45) is 2.84. The molecule has 0 bridgehead atoms. The standard InChI is InChI=1S/C15H13BN2O3S/c1-10-3-5-11(6-4-10)22(20,21)18-8-7-12-13(16)9-17(2)15(19)14(12)18/h3-9H,1-2H3. The van der Waals surface area contributed by atoms with Gasteiger partial charge in [-0.15, -0.1) is 0 Å². The Bertz CT molecular complexity index is 1030. The summed E-state index contributed by atoms with van der Waals surface area (Å²) in [6.45, 7) is 1.87. The summed E-state index contributed by atoms with van der Waals surface area (Å²) in [6, 6.07) is 8.01. The van der Waals surface area contributed by atoms with Crippen LogP contribution in [0.2, 0.25) is 0 Å². The number of rotatable bonds is 2. The molecule has 5 nitrogen and oxygen atoms in total. The van der Waals surface area contributed by atoms with Gasteiger partial charge in [0, 0.05) is 24.8 Å². The lowest BCUT2D eigenvalue weighted by atomic mass is 9.95. The minimum Gasteiger partial charge on any atom is -0.317 e. The molecule has 3 aromatic rings. The molecular formula is C15H13BN2O3S. The van der Waals surface area contributed by atoms with Crippen molar-refractivity contribution in [1.82, 2.24) is 8.54 Å². The molecule has 0 saturated heterocycles. The molecule has 22 heavy (non-hydrogen) atoms. The van der Waals surface area contributed by atoms with Gasteiger partial charge in [-0.3, -0.25) is 4.79 Å². The lowest BCUT2D eigenvalue weighted by Crippen LogP contribution is -2.26. The highest BCUT2D eigenvalue weighted by Crippen LogP contribution is 2.19. The van der Waals surface area contributed by atoms with Gasteiger partial charge < -0.3 is 4.57 Å². The molecule has 7 heteroatoms. The largest absolute Gasteiger partial charge is 0.317 e. The highest BCUT2D eigenvalue weighted by molar-refractivity contribution is 7.90. The van der Waals surface area contributed by atoms with Crippen molar-refractivity contribution >= 4 is 34.2 Å². The highest BCUT2D eigenvalue weighted by atomic mass is 32.2. The van der Waals surface area contributed by atoms with E-state index in [1.165, 1.54) is 42.2 Å². The number of hydrogen-bond acceptors (Lipinski definition) is 3. The van der Waals surface area contributed by atoms with Gasteiger partial charge in [0.25, 0.3) is 15.6 Å². The Morgan fingerprint density at radius 1 is 1.09 bits per heavy atom. The molecule has 0 N–H and O–H groups in total. The van der Waals surface area contributed by atoms with Crippen LogP contribution in [0.1, 0.15) is 5.56 Å². The van der Waals surface area contributed by atoms with Crippen molar-refractivity contribution < 1.29 is 8.42 Å². The smallest absolute Gasteiger partial charge is 0.275 e. The summed E-state index contributed by atoms with van der Waals surface area (Å²) in [5.41, 5.74) is 0.958. The van der Waals surface area contributed by atoms with Crippen molar-refractivity contribution in [2.75, 3.05) is 0 Å². The maximum absolute atomic E-state index is 12.8. The zero-order valence-electron chi connectivity index (χ0n) is 12.1. The van der Waals surface area contributed by atoms with Crippen LogP contribution in [-0.4, -0.2) is 24.8 Å². The van der Waals surface area contributed by atoms with Gasteiger partial charge in [0.1, 0.15) is 13.4 Å². The van der Waals surface area contributed by atoms with Crippen LogP contribution in [0.4, 0.5) is 0 Å². The van der Waals surface area contributed by atoms with E-state index in [-0.39, 0.29) is 10.4 Å². The van der Waals surface area contributed by atoms with Gasteiger partial charge in [-0.2, -0.15) is 0 Å². The van der Waals surface area contributed by atoms with Crippen molar-refractivity contribution in [1.29, 1.82) is 0 Å². The molecule has 0 unspecified atom stereocenters. The van der Waals surface area contributed by atoms with Crippen LogP contribution < -0.4 is 11.0 Å². The Morgan fingerprint density at radius 2 is 1.73 bits per heavy atom. The number of pyridine rings is 1. The molecule has 0 atom stereocenters. The van der Waals surface area contributed by atoms with Crippen LogP contribution in [0.25, 0.3) is 10.9 Å². The van der Waals surface area contributed by atoms with E-state index >= 15 is 0 Å². The third-order valence-corrected chi connectivity index (χ3v) is 5.29. The van der Waals surface area contributed by atoms with Crippen molar-refractivity contribution in [3.63, 3.8) is 0 Å². The molecule has 0 aliphatic heterocycles. The van der Waals surface area contributed by atoms with Gasteiger partial charge in [0.15, 0.2) is 0 Å². The second kappa shape index (κ2) is 4.88. The number of aromatic nitrogens is 2. The van der Waals surface area contributed by atoms with E-state index < -0.39 is 15.6 Å². The fourth-order valence-corrected chi connectivity index (χ4v) is 3.73. The number of aryl methyl sites for hydroxylation is 2. The summed E-state index contributed by atoms with van der Waals surface area (Å²) in [5.74, 6) is 0. The zero-order chi connectivity index (χ0) is 16.1. The molecule has 3 rings (SSSR count). The molecule has 0 aliphatic carbocycles. The predicted molar refractivity (Wildman–Crippen MR) is 86.3 cm³/mol. The molecule has 2 aromatic heterocycles. The first-order valence-corrected chi connectivity index (χ1v) is 8.05. The summed E-state index contributed by atoms with van der Waals surface area (Å²) in [4.78, 5) is 12.4. The Labute approximate surface area is 129 Å². The van der Waals surface area contributed by atoms with Crippen molar-refractivity contribution in [3.05, 3.63) is 58.6 Å². The van der Waals surface area contributed by atoms with Crippen molar-refractivity contribution in [2.45, 2.75) is 11.8 Å². The first-order valence-electron chi connectivity index (χ1n) is 6.61. The molecule has 110 valence electrons. The monoisotopic (exact) mass is 312 g/mol. The fraction of sp³-hybridized carbons (Fsp3) is 0.133. The van der Waals surface area contributed by atoms with Crippen LogP contribution >= 0.6 is 0 Å². The maximum atomic E-state index is 12.8. The minimum atomic E-state index is -3.85.